The van der Waals surface area contributed by atoms with E-state index in [9.17, 15) is 4.79 Å². The van der Waals surface area contributed by atoms with Crippen LogP contribution in [0.5, 0.6) is 0 Å². The van der Waals surface area contributed by atoms with Crippen molar-refractivity contribution < 1.29 is 4.79 Å². The molecule has 0 unspecified atom stereocenters. The molecule has 0 saturated heterocycles. The normalized spacial score (nSPS) is 18.1. The second-order valence-electron chi connectivity index (χ2n) is 4.68. The SMILES string of the molecule is [B]c1ccc(C(=O)N2CC3=C(C2)N=CCC3)cc1. The maximum absolute atomic E-state index is 12.3. The Bertz CT molecular complexity index is 545. The molecule has 0 atom stereocenters. The van der Waals surface area contributed by atoms with Crippen LogP contribution in [0.25, 0.3) is 0 Å². The molecule has 0 aliphatic carbocycles. The third-order valence-electron chi connectivity index (χ3n) is 3.40. The third-order valence-corrected chi connectivity index (χ3v) is 3.40. The standard InChI is InChI=1S/C14H13BN2O/c15-12-5-3-10(4-6-12)14(18)17-8-11-2-1-7-16-13(11)9-17/h3-7H,1-2,8-9H2. The molecular formula is C14H13BN2O. The Hall–Kier alpha value is -1.84. The van der Waals surface area contributed by atoms with Crippen LogP contribution in [-0.2, 0) is 0 Å². The molecule has 2 aliphatic rings. The predicted molar refractivity (Wildman–Crippen MR) is 72.5 cm³/mol. The zero-order valence-electron chi connectivity index (χ0n) is 10.1. The van der Waals surface area contributed by atoms with Crippen LogP contribution in [0.2, 0.25) is 0 Å². The van der Waals surface area contributed by atoms with Crippen molar-refractivity contribution >= 4 is 25.4 Å². The smallest absolute Gasteiger partial charge is 0.254 e. The van der Waals surface area contributed by atoms with E-state index in [1.54, 1.807) is 24.3 Å². The molecule has 0 spiro atoms. The van der Waals surface area contributed by atoms with Crippen LogP contribution in [0.4, 0.5) is 0 Å². The average Bonchev–Trinajstić information content (AvgIpc) is 2.82. The van der Waals surface area contributed by atoms with E-state index >= 15 is 0 Å². The third kappa shape index (κ3) is 1.99. The molecule has 0 saturated carbocycles. The van der Waals surface area contributed by atoms with Gasteiger partial charge in [0.2, 0.25) is 0 Å². The second kappa shape index (κ2) is 4.44. The van der Waals surface area contributed by atoms with Crippen molar-refractivity contribution in [2.75, 3.05) is 13.1 Å². The van der Waals surface area contributed by atoms with Gasteiger partial charge in [0, 0.05) is 18.3 Å². The molecule has 1 aromatic carbocycles. The van der Waals surface area contributed by atoms with Crippen LogP contribution in [0.15, 0.2) is 40.5 Å². The van der Waals surface area contributed by atoms with Gasteiger partial charge in [-0.1, -0.05) is 29.7 Å². The van der Waals surface area contributed by atoms with Gasteiger partial charge >= 0.3 is 0 Å². The van der Waals surface area contributed by atoms with Gasteiger partial charge < -0.3 is 4.90 Å². The maximum atomic E-state index is 12.3. The first-order valence-electron chi connectivity index (χ1n) is 6.12. The van der Waals surface area contributed by atoms with Gasteiger partial charge in [0.15, 0.2) is 0 Å². The highest BCUT2D eigenvalue weighted by molar-refractivity contribution is 6.32. The summed E-state index contributed by atoms with van der Waals surface area (Å²) < 4.78 is 0. The van der Waals surface area contributed by atoms with E-state index in [2.05, 4.69) is 4.99 Å². The van der Waals surface area contributed by atoms with E-state index < -0.39 is 0 Å². The van der Waals surface area contributed by atoms with Gasteiger partial charge in [-0.05, 0) is 18.4 Å². The van der Waals surface area contributed by atoms with E-state index in [0.717, 1.165) is 25.1 Å². The molecule has 1 amide bonds. The summed E-state index contributed by atoms with van der Waals surface area (Å²) in [5, 5.41) is 0. The van der Waals surface area contributed by atoms with Gasteiger partial charge in [0.25, 0.3) is 5.91 Å². The van der Waals surface area contributed by atoms with Gasteiger partial charge in [-0.2, -0.15) is 0 Å². The number of rotatable bonds is 1. The molecule has 3 rings (SSSR count). The molecule has 3 nitrogen and oxygen atoms in total. The van der Waals surface area contributed by atoms with Gasteiger partial charge in [-0.25, -0.2) is 0 Å². The van der Waals surface area contributed by atoms with Crippen molar-refractivity contribution in [2.24, 2.45) is 4.99 Å². The summed E-state index contributed by atoms with van der Waals surface area (Å²) in [6, 6.07) is 7.07. The van der Waals surface area contributed by atoms with Crippen molar-refractivity contribution in [3.05, 3.63) is 41.1 Å². The summed E-state index contributed by atoms with van der Waals surface area (Å²) >= 11 is 0. The van der Waals surface area contributed by atoms with Crippen LogP contribution in [-0.4, -0.2) is 38.0 Å². The number of benzene rings is 1. The summed E-state index contributed by atoms with van der Waals surface area (Å²) in [6.07, 6.45) is 3.96. The number of hydrogen-bond acceptors (Lipinski definition) is 2. The van der Waals surface area contributed by atoms with E-state index in [4.69, 9.17) is 7.85 Å². The van der Waals surface area contributed by atoms with Crippen molar-refractivity contribution in [1.29, 1.82) is 0 Å². The average molecular weight is 236 g/mol. The Morgan fingerprint density at radius 1 is 1.22 bits per heavy atom. The molecule has 0 fully saturated rings. The molecule has 88 valence electrons. The molecule has 1 aromatic rings. The van der Waals surface area contributed by atoms with Crippen molar-refractivity contribution in [2.45, 2.75) is 12.8 Å². The Morgan fingerprint density at radius 2 is 2.00 bits per heavy atom. The number of hydrogen-bond donors (Lipinski definition) is 0. The molecule has 0 N–H and O–H groups in total. The molecule has 0 aromatic heterocycles. The van der Waals surface area contributed by atoms with Crippen molar-refractivity contribution in [1.82, 2.24) is 4.90 Å². The molecule has 2 aliphatic heterocycles. The lowest BCUT2D eigenvalue weighted by Crippen LogP contribution is -2.29. The quantitative estimate of drug-likeness (QED) is 0.671. The number of aliphatic imine (C=N–C) groups is 1. The summed E-state index contributed by atoms with van der Waals surface area (Å²) in [7, 11) is 5.62. The molecular weight excluding hydrogens is 223 g/mol. The number of carbonyl (C=O) groups is 1. The zero-order valence-corrected chi connectivity index (χ0v) is 10.1. The van der Waals surface area contributed by atoms with Gasteiger partial charge in [0.05, 0.1) is 12.2 Å². The summed E-state index contributed by atoms with van der Waals surface area (Å²) in [4.78, 5) is 18.5. The van der Waals surface area contributed by atoms with E-state index in [1.807, 2.05) is 11.1 Å². The van der Waals surface area contributed by atoms with E-state index in [0.29, 0.717) is 17.6 Å². The molecule has 2 radical (unpaired) electrons. The second-order valence-corrected chi connectivity index (χ2v) is 4.68. The fourth-order valence-electron chi connectivity index (χ4n) is 2.39. The molecule has 4 heteroatoms. The van der Waals surface area contributed by atoms with Crippen LogP contribution >= 0.6 is 0 Å². The predicted octanol–water partition coefficient (Wildman–Crippen LogP) is 1.05. The fourth-order valence-corrected chi connectivity index (χ4v) is 2.39. The first-order chi connectivity index (χ1) is 8.74. The van der Waals surface area contributed by atoms with Crippen LogP contribution < -0.4 is 5.46 Å². The van der Waals surface area contributed by atoms with Crippen molar-refractivity contribution in [3.8, 4) is 0 Å². The zero-order chi connectivity index (χ0) is 12.5. The summed E-state index contributed by atoms with van der Waals surface area (Å²) in [6.45, 7) is 1.35. The monoisotopic (exact) mass is 236 g/mol. The molecule has 0 bridgehead atoms. The Labute approximate surface area is 108 Å². The van der Waals surface area contributed by atoms with Crippen LogP contribution in [0.1, 0.15) is 23.2 Å². The van der Waals surface area contributed by atoms with E-state index in [-0.39, 0.29) is 5.91 Å². The van der Waals surface area contributed by atoms with Crippen molar-refractivity contribution in [3.63, 3.8) is 0 Å². The fraction of sp³-hybridized carbons (Fsp3) is 0.286. The minimum absolute atomic E-state index is 0.0552. The molecule has 2 heterocycles. The lowest BCUT2D eigenvalue weighted by Gasteiger charge is -2.16. The Kier molecular flexibility index (Phi) is 2.78. The molecule has 18 heavy (non-hydrogen) atoms. The highest BCUT2D eigenvalue weighted by Gasteiger charge is 2.26. The number of amides is 1. The lowest BCUT2D eigenvalue weighted by atomic mass is 9.95. The van der Waals surface area contributed by atoms with Gasteiger partial charge in [-0.15, -0.1) is 0 Å². The number of carbonyl (C=O) groups excluding carboxylic acids is 1. The first kappa shape index (κ1) is 11.3. The van der Waals surface area contributed by atoms with Crippen LogP contribution in [0, 0.1) is 0 Å². The first-order valence-corrected chi connectivity index (χ1v) is 6.12. The lowest BCUT2D eigenvalue weighted by molar-refractivity contribution is 0.0795. The maximum Gasteiger partial charge on any atom is 0.254 e. The number of nitrogens with zero attached hydrogens (tertiary/aromatic N) is 2. The Morgan fingerprint density at radius 3 is 2.72 bits per heavy atom. The topological polar surface area (TPSA) is 32.7 Å². The van der Waals surface area contributed by atoms with Gasteiger partial charge in [-0.3, -0.25) is 9.79 Å². The minimum Gasteiger partial charge on any atom is -0.329 e. The summed E-state index contributed by atoms with van der Waals surface area (Å²) in [5.41, 5.74) is 3.74. The minimum atomic E-state index is 0.0552. The van der Waals surface area contributed by atoms with Crippen LogP contribution in [0.3, 0.4) is 0 Å². The largest absolute Gasteiger partial charge is 0.329 e. The van der Waals surface area contributed by atoms with E-state index in [1.165, 1.54) is 5.57 Å². The van der Waals surface area contributed by atoms with Gasteiger partial charge in [0.1, 0.15) is 7.85 Å². The highest BCUT2D eigenvalue weighted by Crippen LogP contribution is 2.26. The Balaban J connectivity index is 1.76. The summed E-state index contributed by atoms with van der Waals surface area (Å²) in [5.74, 6) is 0.0552. The highest BCUT2D eigenvalue weighted by atomic mass is 16.2.